The van der Waals surface area contributed by atoms with E-state index in [9.17, 15) is 4.79 Å². The number of carbonyl (C=O) groups is 1. The Morgan fingerprint density at radius 2 is 2.25 bits per heavy atom. The molecule has 7 heteroatoms. The number of aryl methyl sites for hydroxylation is 1. The maximum absolute atomic E-state index is 12.1. The van der Waals surface area contributed by atoms with E-state index >= 15 is 0 Å². The molecule has 1 amide bonds. The molecule has 1 aliphatic rings. The maximum atomic E-state index is 12.1. The van der Waals surface area contributed by atoms with Crippen LogP contribution in [0.3, 0.4) is 0 Å². The minimum absolute atomic E-state index is 0.253. The molecule has 0 spiro atoms. The van der Waals surface area contributed by atoms with Crippen LogP contribution in [0.25, 0.3) is 0 Å². The van der Waals surface area contributed by atoms with Crippen LogP contribution in [0.15, 0.2) is 6.07 Å². The molecule has 2 heterocycles. The van der Waals surface area contributed by atoms with Gasteiger partial charge in [0.1, 0.15) is 4.34 Å². The highest BCUT2D eigenvalue weighted by molar-refractivity contribution is 7.20. The number of aromatic nitrogens is 1. The first-order valence-electron chi connectivity index (χ1n) is 6.27. The second-order valence-corrected chi connectivity index (χ2v) is 8.30. The SMILES string of the molecule is C[C@H]1CCc2nc(NC(=O)c3cc(Cl)sc3Cl)sc2C1. The van der Waals surface area contributed by atoms with E-state index in [1.54, 1.807) is 17.4 Å². The largest absolute Gasteiger partial charge is 0.298 e. The van der Waals surface area contributed by atoms with Gasteiger partial charge < -0.3 is 0 Å². The van der Waals surface area contributed by atoms with Crippen molar-refractivity contribution in [1.82, 2.24) is 4.98 Å². The van der Waals surface area contributed by atoms with E-state index in [0.29, 0.717) is 25.3 Å². The third-order valence-corrected chi connectivity index (χ3v) is 5.83. The summed E-state index contributed by atoms with van der Waals surface area (Å²) in [5, 5.41) is 3.46. The van der Waals surface area contributed by atoms with Crippen LogP contribution in [-0.4, -0.2) is 10.9 Å². The molecular weight excluding hydrogens is 335 g/mol. The lowest BCUT2D eigenvalue weighted by Gasteiger charge is -2.15. The van der Waals surface area contributed by atoms with Gasteiger partial charge in [0.2, 0.25) is 0 Å². The Morgan fingerprint density at radius 1 is 1.45 bits per heavy atom. The van der Waals surface area contributed by atoms with Crippen molar-refractivity contribution < 1.29 is 4.79 Å². The summed E-state index contributed by atoms with van der Waals surface area (Å²) in [5.74, 6) is 0.439. The Morgan fingerprint density at radius 3 is 2.95 bits per heavy atom. The number of hydrogen-bond acceptors (Lipinski definition) is 4. The average Bonchev–Trinajstić information content (AvgIpc) is 2.91. The smallest absolute Gasteiger partial charge is 0.259 e. The fraction of sp³-hybridized carbons (Fsp3) is 0.385. The zero-order valence-electron chi connectivity index (χ0n) is 10.7. The number of thiazole rings is 1. The van der Waals surface area contributed by atoms with Gasteiger partial charge in [-0.1, -0.05) is 30.1 Å². The molecule has 2 aromatic rings. The molecule has 0 bridgehead atoms. The van der Waals surface area contributed by atoms with Gasteiger partial charge in [0, 0.05) is 4.88 Å². The molecule has 0 aliphatic heterocycles. The second kappa shape index (κ2) is 5.64. The van der Waals surface area contributed by atoms with Crippen LogP contribution in [0.1, 0.15) is 34.3 Å². The highest BCUT2D eigenvalue weighted by Gasteiger charge is 2.21. The summed E-state index contributed by atoms with van der Waals surface area (Å²) < 4.78 is 0.912. The molecule has 1 N–H and O–H groups in total. The Balaban J connectivity index is 1.78. The fourth-order valence-electron chi connectivity index (χ4n) is 2.25. The first-order valence-corrected chi connectivity index (χ1v) is 8.66. The summed E-state index contributed by atoms with van der Waals surface area (Å²) in [5.41, 5.74) is 1.53. The van der Waals surface area contributed by atoms with Crippen LogP contribution in [0, 0.1) is 5.92 Å². The van der Waals surface area contributed by atoms with E-state index in [1.165, 1.54) is 16.2 Å². The number of anilines is 1. The lowest BCUT2D eigenvalue weighted by atomic mass is 9.93. The normalized spacial score (nSPS) is 17.9. The number of fused-ring (bicyclic) bond motifs is 1. The third kappa shape index (κ3) is 2.86. The van der Waals surface area contributed by atoms with Gasteiger partial charge >= 0.3 is 0 Å². The topological polar surface area (TPSA) is 42.0 Å². The fourth-order valence-corrected chi connectivity index (χ4v) is 4.88. The molecule has 1 aliphatic carbocycles. The van der Waals surface area contributed by atoms with Gasteiger partial charge in [-0.2, -0.15) is 0 Å². The number of halogens is 2. The van der Waals surface area contributed by atoms with Gasteiger partial charge in [-0.3, -0.25) is 10.1 Å². The highest BCUT2D eigenvalue weighted by Crippen LogP contribution is 2.34. The summed E-state index contributed by atoms with van der Waals surface area (Å²) in [6, 6.07) is 1.58. The summed E-state index contributed by atoms with van der Waals surface area (Å²) in [7, 11) is 0. The molecule has 0 radical (unpaired) electrons. The van der Waals surface area contributed by atoms with Crippen LogP contribution >= 0.6 is 45.9 Å². The van der Waals surface area contributed by atoms with Crippen molar-refractivity contribution in [3.05, 3.63) is 30.9 Å². The monoisotopic (exact) mass is 346 g/mol. The van der Waals surface area contributed by atoms with Gasteiger partial charge in [-0.25, -0.2) is 4.98 Å². The van der Waals surface area contributed by atoms with Gasteiger partial charge in [0.15, 0.2) is 5.13 Å². The van der Waals surface area contributed by atoms with Crippen LogP contribution in [0.5, 0.6) is 0 Å². The lowest BCUT2D eigenvalue weighted by molar-refractivity contribution is 0.102. The zero-order chi connectivity index (χ0) is 14.3. The number of thiophene rings is 1. The number of nitrogens with one attached hydrogen (secondary N) is 1. The Hall–Kier alpha value is -0.620. The van der Waals surface area contributed by atoms with Crippen molar-refractivity contribution in [2.24, 2.45) is 5.92 Å². The minimum atomic E-state index is -0.253. The highest BCUT2D eigenvalue weighted by atomic mass is 35.5. The minimum Gasteiger partial charge on any atom is -0.298 e. The predicted octanol–water partition coefficient (Wildman–Crippen LogP) is 4.89. The number of rotatable bonds is 2. The summed E-state index contributed by atoms with van der Waals surface area (Å²) in [4.78, 5) is 17.9. The van der Waals surface area contributed by atoms with E-state index in [0.717, 1.165) is 25.0 Å². The summed E-state index contributed by atoms with van der Waals surface area (Å²) in [6.07, 6.45) is 3.21. The maximum Gasteiger partial charge on any atom is 0.259 e. The van der Waals surface area contributed by atoms with E-state index in [4.69, 9.17) is 23.2 Å². The molecule has 0 unspecified atom stereocenters. The van der Waals surface area contributed by atoms with Crippen LogP contribution in [0.4, 0.5) is 5.13 Å². The number of carbonyl (C=O) groups excluding carboxylic acids is 1. The molecule has 0 saturated heterocycles. The summed E-state index contributed by atoms with van der Waals surface area (Å²) >= 11 is 14.6. The molecule has 3 rings (SSSR count). The van der Waals surface area contributed by atoms with Crippen molar-refractivity contribution in [1.29, 1.82) is 0 Å². The quantitative estimate of drug-likeness (QED) is 0.840. The van der Waals surface area contributed by atoms with E-state index < -0.39 is 0 Å². The average molecular weight is 347 g/mol. The standard InChI is InChI=1S/C13H12Cl2N2OS2/c1-6-2-3-8-9(4-6)19-13(16-8)17-12(18)7-5-10(14)20-11(7)15/h5-6H,2-4H2,1H3,(H,16,17,18)/t6-/m0/s1. The second-order valence-electron chi connectivity index (χ2n) is 4.93. The Kier molecular flexibility index (Phi) is 4.04. The molecule has 20 heavy (non-hydrogen) atoms. The van der Waals surface area contributed by atoms with Crippen molar-refractivity contribution in [2.45, 2.75) is 26.2 Å². The molecule has 2 aromatic heterocycles. The first kappa shape index (κ1) is 14.3. The molecular formula is C13H12Cl2N2OS2. The lowest BCUT2D eigenvalue weighted by Crippen LogP contribution is -2.11. The van der Waals surface area contributed by atoms with Crippen molar-refractivity contribution in [3.8, 4) is 0 Å². The van der Waals surface area contributed by atoms with Crippen LogP contribution < -0.4 is 5.32 Å². The molecule has 0 fully saturated rings. The van der Waals surface area contributed by atoms with E-state index in [-0.39, 0.29) is 5.91 Å². The predicted molar refractivity (Wildman–Crippen MR) is 85.6 cm³/mol. The van der Waals surface area contributed by atoms with Crippen molar-refractivity contribution in [3.63, 3.8) is 0 Å². The summed E-state index contributed by atoms with van der Waals surface area (Å²) in [6.45, 7) is 2.24. The molecule has 106 valence electrons. The third-order valence-electron chi connectivity index (χ3n) is 3.31. The first-order chi connectivity index (χ1) is 9.52. The van der Waals surface area contributed by atoms with Gasteiger partial charge in [0.25, 0.3) is 5.91 Å². The number of amides is 1. The molecule has 0 aromatic carbocycles. The van der Waals surface area contributed by atoms with E-state index in [2.05, 4.69) is 17.2 Å². The molecule has 0 saturated carbocycles. The van der Waals surface area contributed by atoms with E-state index in [1.807, 2.05) is 0 Å². The zero-order valence-corrected chi connectivity index (χ0v) is 13.8. The number of nitrogens with zero attached hydrogens (tertiary/aromatic N) is 1. The Bertz CT molecular complexity index is 665. The van der Waals surface area contributed by atoms with Gasteiger partial charge in [0.05, 0.1) is 15.6 Å². The number of hydrogen-bond donors (Lipinski definition) is 1. The van der Waals surface area contributed by atoms with Crippen LogP contribution in [0.2, 0.25) is 8.67 Å². The Labute approximate surface area is 134 Å². The molecule has 1 atom stereocenters. The van der Waals surface area contributed by atoms with Crippen molar-refractivity contribution in [2.75, 3.05) is 5.32 Å². The van der Waals surface area contributed by atoms with Crippen molar-refractivity contribution >= 4 is 56.9 Å². The van der Waals surface area contributed by atoms with Gasteiger partial charge in [-0.15, -0.1) is 22.7 Å². The molecule has 3 nitrogen and oxygen atoms in total. The van der Waals surface area contributed by atoms with Crippen LogP contribution in [-0.2, 0) is 12.8 Å². The van der Waals surface area contributed by atoms with Gasteiger partial charge in [-0.05, 0) is 31.2 Å².